The summed E-state index contributed by atoms with van der Waals surface area (Å²) in [4.78, 5) is 0. The first kappa shape index (κ1) is 31.7. The van der Waals surface area contributed by atoms with Gasteiger partial charge in [-0.3, -0.25) is 0 Å². The average molecular weight is 726 g/mol. The van der Waals surface area contributed by atoms with E-state index in [9.17, 15) is 0 Å². The number of hydrogen-bond acceptors (Lipinski definition) is 0. The Morgan fingerprint density at radius 1 is 0.263 bits per heavy atom. The minimum atomic E-state index is 1.13. The van der Waals surface area contributed by atoms with E-state index < -0.39 is 0 Å². The van der Waals surface area contributed by atoms with Crippen molar-refractivity contribution < 1.29 is 0 Å². The van der Waals surface area contributed by atoms with Gasteiger partial charge in [0, 0.05) is 49.1 Å². The van der Waals surface area contributed by atoms with Crippen LogP contribution in [0.4, 0.5) is 0 Å². The van der Waals surface area contributed by atoms with Crippen LogP contribution in [0.15, 0.2) is 212 Å². The maximum absolute atomic E-state index is 2.49. The predicted molar refractivity (Wildman–Crippen MR) is 240 cm³/mol. The minimum absolute atomic E-state index is 1.13. The molecule has 0 radical (unpaired) electrons. The van der Waals surface area contributed by atoms with Crippen molar-refractivity contribution in [2.45, 2.75) is 0 Å². The van der Waals surface area contributed by atoms with E-state index in [1.165, 1.54) is 99.0 Å². The van der Waals surface area contributed by atoms with Crippen LogP contribution in [0.5, 0.6) is 0 Å². The SMILES string of the molecule is c1ccc(-c2cccc(-c3ccccc3)c2-n2c3ccccc3c3cc(-n4c5ccccc5c5c(-n6c7ccccc7c7ccccc76)cccc54)ccc32)cc1. The molecule has 0 saturated heterocycles. The maximum atomic E-state index is 2.49. The summed E-state index contributed by atoms with van der Waals surface area (Å²) in [5, 5.41) is 7.44. The number of fused-ring (bicyclic) bond motifs is 9. The summed E-state index contributed by atoms with van der Waals surface area (Å²) < 4.78 is 7.40. The lowest BCUT2D eigenvalue weighted by molar-refractivity contribution is 1.16. The van der Waals surface area contributed by atoms with E-state index >= 15 is 0 Å². The largest absolute Gasteiger partial charge is 0.309 e. The molecule has 12 rings (SSSR count). The standard InChI is InChI=1S/C54H35N3/c1-3-17-36(18-4-1)39-25-15-26-40(37-19-5-2-6-20-37)54(39)57-48-29-13-9-23-43(48)45-35-38(33-34-50(45)57)55-49-30-14-10-24-44(49)53-51(55)31-16-32-52(53)56-46-27-11-7-21-41(46)42-22-8-12-28-47(42)56/h1-35H. The molecule has 0 fully saturated rings. The second kappa shape index (κ2) is 12.5. The zero-order valence-electron chi connectivity index (χ0n) is 31.0. The van der Waals surface area contributed by atoms with Gasteiger partial charge in [-0.05, 0) is 65.7 Å². The van der Waals surface area contributed by atoms with Gasteiger partial charge in [0.15, 0.2) is 0 Å². The fraction of sp³-hybridized carbons (Fsp3) is 0. The summed E-state index contributed by atoms with van der Waals surface area (Å²) in [6.45, 7) is 0. The molecule has 3 nitrogen and oxygen atoms in total. The first-order chi connectivity index (χ1) is 28.3. The monoisotopic (exact) mass is 725 g/mol. The number of nitrogens with zero attached hydrogens (tertiary/aromatic N) is 3. The molecule has 3 heterocycles. The number of hydrogen-bond donors (Lipinski definition) is 0. The van der Waals surface area contributed by atoms with E-state index in [1.54, 1.807) is 0 Å². The third-order valence-corrected chi connectivity index (χ3v) is 11.8. The van der Waals surface area contributed by atoms with Gasteiger partial charge >= 0.3 is 0 Å². The van der Waals surface area contributed by atoms with Crippen LogP contribution in [-0.2, 0) is 0 Å². The predicted octanol–water partition coefficient (Wildman–Crippen LogP) is 14.3. The summed E-state index contributed by atoms with van der Waals surface area (Å²) in [6.07, 6.45) is 0. The zero-order chi connectivity index (χ0) is 37.5. The first-order valence-electron chi connectivity index (χ1n) is 19.6. The summed E-state index contributed by atoms with van der Waals surface area (Å²) in [5.74, 6) is 0. The molecule has 0 aliphatic carbocycles. The quantitative estimate of drug-likeness (QED) is 0.168. The first-order valence-corrected chi connectivity index (χ1v) is 19.6. The number of rotatable bonds is 5. The fourth-order valence-electron chi connectivity index (χ4n) is 9.47. The Morgan fingerprint density at radius 2 is 0.702 bits per heavy atom. The van der Waals surface area contributed by atoms with E-state index in [-0.39, 0.29) is 0 Å². The van der Waals surface area contributed by atoms with Gasteiger partial charge in [0.05, 0.1) is 44.5 Å². The minimum Gasteiger partial charge on any atom is -0.309 e. The average Bonchev–Trinajstić information content (AvgIpc) is 3.92. The summed E-state index contributed by atoms with van der Waals surface area (Å²) in [6, 6.07) is 77.4. The van der Waals surface area contributed by atoms with Crippen molar-refractivity contribution in [3.8, 4) is 39.3 Å². The number of para-hydroxylation sites is 5. The Hall–Kier alpha value is -7.62. The normalized spacial score (nSPS) is 11.9. The molecule has 12 aromatic rings. The Labute approximate surface area is 329 Å². The van der Waals surface area contributed by atoms with E-state index in [0.717, 1.165) is 5.69 Å². The van der Waals surface area contributed by atoms with Gasteiger partial charge in [0.1, 0.15) is 0 Å². The van der Waals surface area contributed by atoms with Crippen molar-refractivity contribution in [1.29, 1.82) is 0 Å². The second-order valence-corrected chi connectivity index (χ2v) is 14.9. The molecule has 3 heteroatoms. The third-order valence-electron chi connectivity index (χ3n) is 11.8. The lowest BCUT2D eigenvalue weighted by Gasteiger charge is -2.19. The third kappa shape index (κ3) is 4.66. The molecule has 0 aliphatic rings. The van der Waals surface area contributed by atoms with Gasteiger partial charge in [-0.2, -0.15) is 0 Å². The molecule has 0 bridgehead atoms. The fourth-order valence-corrected chi connectivity index (χ4v) is 9.47. The molecule has 3 aromatic heterocycles. The highest BCUT2D eigenvalue weighted by atomic mass is 15.0. The lowest BCUT2D eigenvalue weighted by atomic mass is 9.95. The summed E-state index contributed by atoms with van der Waals surface area (Å²) in [5.41, 5.74) is 15.4. The molecule has 0 spiro atoms. The topological polar surface area (TPSA) is 14.8 Å². The zero-order valence-corrected chi connectivity index (χ0v) is 31.0. The highest BCUT2D eigenvalue weighted by Crippen LogP contribution is 2.44. The van der Waals surface area contributed by atoms with Gasteiger partial charge in [-0.25, -0.2) is 0 Å². The maximum Gasteiger partial charge on any atom is 0.0618 e. The van der Waals surface area contributed by atoms with Crippen LogP contribution in [0.2, 0.25) is 0 Å². The highest BCUT2D eigenvalue weighted by molar-refractivity contribution is 6.17. The number of aromatic nitrogens is 3. The molecule has 57 heavy (non-hydrogen) atoms. The van der Waals surface area contributed by atoms with E-state index in [0.29, 0.717) is 0 Å². The van der Waals surface area contributed by atoms with Crippen LogP contribution in [0.25, 0.3) is 105 Å². The van der Waals surface area contributed by atoms with Crippen LogP contribution in [0, 0.1) is 0 Å². The van der Waals surface area contributed by atoms with Gasteiger partial charge in [0.2, 0.25) is 0 Å². The Morgan fingerprint density at radius 3 is 1.30 bits per heavy atom. The molecule has 0 N–H and O–H groups in total. The van der Waals surface area contributed by atoms with Crippen LogP contribution in [0.3, 0.4) is 0 Å². The molecule has 0 unspecified atom stereocenters. The Balaban J connectivity index is 1.15. The molecule has 0 saturated carbocycles. The van der Waals surface area contributed by atoms with Crippen LogP contribution in [-0.4, -0.2) is 13.7 Å². The lowest BCUT2D eigenvalue weighted by Crippen LogP contribution is -2.01. The molecular formula is C54H35N3. The van der Waals surface area contributed by atoms with Crippen LogP contribution < -0.4 is 0 Å². The molecule has 0 aliphatic heterocycles. The Bertz CT molecular complexity index is 3400. The van der Waals surface area contributed by atoms with Crippen LogP contribution in [0.1, 0.15) is 0 Å². The molecule has 0 atom stereocenters. The second-order valence-electron chi connectivity index (χ2n) is 14.9. The molecule has 0 amide bonds. The van der Waals surface area contributed by atoms with Gasteiger partial charge in [-0.15, -0.1) is 0 Å². The van der Waals surface area contributed by atoms with Crippen LogP contribution >= 0.6 is 0 Å². The number of benzene rings is 9. The van der Waals surface area contributed by atoms with Crippen molar-refractivity contribution in [1.82, 2.24) is 13.7 Å². The van der Waals surface area contributed by atoms with E-state index in [1.807, 2.05) is 0 Å². The molecule has 9 aromatic carbocycles. The van der Waals surface area contributed by atoms with Crippen molar-refractivity contribution in [2.24, 2.45) is 0 Å². The van der Waals surface area contributed by atoms with Crippen molar-refractivity contribution in [2.75, 3.05) is 0 Å². The van der Waals surface area contributed by atoms with Crippen molar-refractivity contribution >= 4 is 65.4 Å². The summed E-state index contributed by atoms with van der Waals surface area (Å²) >= 11 is 0. The molecule has 266 valence electrons. The van der Waals surface area contributed by atoms with Gasteiger partial charge < -0.3 is 13.7 Å². The van der Waals surface area contributed by atoms with E-state index in [2.05, 4.69) is 226 Å². The van der Waals surface area contributed by atoms with Gasteiger partial charge in [0.25, 0.3) is 0 Å². The summed E-state index contributed by atoms with van der Waals surface area (Å²) in [7, 11) is 0. The van der Waals surface area contributed by atoms with Crippen molar-refractivity contribution in [3.63, 3.8) is 0 Å². The Kier molecular flexibility index (Phi) is 6.93. The van der Waals surface area contributed by atoms with Gasteiger partial charge in [-0.1, -0.05) is 158 Å². The highest BCUT2D eigenvalue weighted by Gasteiger charge is 2.22. The smallest absolute Gasteiger partial charge is 0.0618 e. The molecular weight excluding hydrogens is 691 g/mol. The van der Waals surface area contributed by atoms with E-state index in [4.69, 9.17) is 0 Å². The van der Waals surface area contributed by atoms with Crippen molar-refractivity contribution in [3.05, 3.63) is 212 Å².